The SMILES string of the molecule is C[C@]12C=CC(=O)C=C1CC[C@@H]1[C@@H]2[C@@H](O)C[C@@]2(C)[C@H]1C[C@@H](OCc1ccccc1)[C@]2(O)C(=O)COP(=O)([O-])OP(=O)([O-])OCCNC(=O)CCC(=O)N1Cc2ccccc2C#Cc2ccccc21. The van der Waals surface area contributed by atoms with E-state index in [1.807, 2.05) is 49.4 Å². The number of fused-ring (bicyclic) bond motifs is 7. The van der Waals surface area contributed by atoms with Crippen LogP contribution in [0.5, 0.6) is 0 Å². The lowest BCUT2D eigenvalue weighted by molar-refractivity contribution is -0.244. The molecule has 16 nitrogen and oxygen atoms in total. The topological polar surface area (TPSA) is 241 Å². The first-order valence-electron chi connectivity index (χ1n) is 22.3. The number of nitrogens with zero attached hydrogens (tertiary/aromatic N) is 1. The minimum Gasteiger partial charge on any atom is -0.756 e. The van der Waals surface area contributed by atoms with Crippen LogP contribution >= 0.6 is 15.6 Å². The van der Waals surface area contributed by atoms with E-state index in [1.54, 1.807) is 60.4 Å². The number of hydrogen-bond donors (Lipinski definition) is 3. The van der Waals surface area contributed by atoms with Crippen LogP contribution in [0.3, 0.4) is 0 Å². The van der Waals surface area contributed by atoms with Gasteiger partial charge in [-0.1, -0.05) is 98.0 Å². The van der Waals surface area contributed by atoms with Gasteiger partial charge in [0.05, 0.1) is 37.7 Å². The average Bonchev–Trinajstić information content (AvgIpc) is 3.52. The smallest absolute Gasteiger partial charge is 0.274 e. The van der Waals surface area contributed by atoms with E-state index in [9.17, 15) is 48.3 Å². The van der Waals surface area contributed by atoms with Gasteiger partial charge in [0, 0.05) is 47.3 Å². The molecule has 10 atom stereocenters. The van der Waals surface area contributed by atoms with Crippen molar-refractivity contribution in [1.82, 2.24) is 5.32 Å². The molecular weight excluding hydrogens is 902 g/mol. The van der Waals surface area contributed by atoms with Gasteiger partial charge in [-0.15, -0.1) is 0 Å². The highest BCUT2D eigenvalue weighted by Gasteiger charge is 2.72. The summed E-state index contributed by atoms with van der Waals surface area (Å²) in [4.78, 5) is 79.9. The largest absolute Gasteiger partial charge is 0.756 e. The van der Waals surface area contributed by atoms with E-state index in [-0.39, 0.29) is 62.4 Å². The Kier molecular flexibility index (Phi) is 14.0. The van der Waals surface area contributed by atoms with E-state index >= 15 is 0 Å². The Morgan fingerprint density at radius 2 is 1.61 bits per heavy atom. The van der Waals surface area contributed by atoms with E-state index in [0.29, 0.717) is 24.1 Å². The third-order valence-electron chi connectivity index (χ3n) is 14.4. The summed E-state index contributed by atoms with van der Waals surface area (Å²) in [6.07, 6.45) is 3.48. The van der Waals surface area contributed by atoms with Crippen LogP contribution < -0.4 is 20.0 Å². The number of para-hydroxylation sites is 1. The van der Waals surface area contributed by atoms with E-state index in [0.717, 1.165) is 22.3 Å². The number of carbonyl (C=O) groups excluding carboxylic acids is 4. The lowest BCUT2D eigenvalue weighted by Gasteiger charge is -2.59. The summed E-state index contributed by atoms with van der Waals surface area (Å²) in [6, 6.07) is 23.6. The standard InChI is InChI=1S/C49H54N2O14P2/c1-47-23-22-37(52)26-36(47)18-19-38-39-27-43(62-30-32-10-4-3-5-11-32)49(57,48(39,2)28-41(53)46(38)47)42(54)31-64-67(60,61)65-66(58,59)63-25-24-50-44(55)20-21-45(56)51-29-35-14-7-6-12-33(35)16-17-34-13-8-9-15-40(34)51/h3-15,22-23,26,38-39,41,43,46,53,57H,18-21,24-25,27-31H2,1-2H3,(H,50,55)(H,58,59)(H,60,61)/p-2/t38-,39-,41-,43+,46+,47-,48-,49+/m0/s1. The molecule has 2 unspecified atom stereocenters. The van der Waals surface area contributed by atoms with Crippen LogP contribution in [0, 0.1) is 40.4 Å². The van der Waals surface area contributed by atoms with Gasteiger partial charge in [0.2, 0.25) is 11.8 Å². The van der Waals surface area contributed by atoms with Crippen LogP contribution in [0.25, 0.3) is 0 Å². The summed E-state index contributed by atoms with van der Waals surface area (Å²) >= 11 is 0. The maximum Gasteiger partial charge on any atom is 0.274 e. The van der Waals surface area contributed by atoms with E-state index in [4.69, 9.17) is 9.26 Å². The number of hydrogen-bond acceptors (Lipinski definition) is 14. The number of anilines is 1. The van der Waals surface area contributed by atoms with Crippen molar-refractivity contribution >= 4 is 44.7 Å². The Balaban J connectivity index is 0.864. The van der Waals surface area contributed by atoms with Crippen molar-refractivity contribution in [2.75, 3.05) is 24.7 Å². The van der Waals surface area contributed by atoms with Crippen LogP contribution in [-0.4, -0.2) is 71.2 Å². The van der Waals surface area contributed by atoms with Gasteiger partial charge in [0.25, 0.3) is 15.6 Å². The van der Waals surface area contributed by atoms with Gasteiger partial charge < -0.3 is 44.0 Å². The minimum absolute atomic E-state index is 0.00557. The average molecular weight is 955 g/mol. The zero-order valence-electron chi connectivity index (χ0n) is 37.0. The summed E-state index contributed by atoms with van der Waals surface area (Å²) in [5.41, 5.74) is 0.0893. The zero-order chi connectivity index (χ0) is 47.8. The summed E-state index contributed by atoms with van der Waals surface area (Å²) in [6.45, 7) is 1.39. The number of ketones is 2. The molecule has 67 heavy (non-hydrogen) atoms. The zero-order valence-corrected chi connectivity index (χ0v) is 38.8. The molecule has 3 aromatic carbocycles. The molecule has 8 rings (SSSR count). The molecule has 354 valence electrons. The fraction of sp³-hybridized carbons (Fsp3) is 0.429. The fourth-order valence-electron chi connectivity index (χ4n) is 11.2. The molecular formula is C49H52N2O14P2-2. The molecule has 3 aromatic rings. The quantitative estimate of drug-likeness (QED) is 0.101. The number of ether oxygens (including phenoxy) is 1. The van der Waals surface area contributed by atoms with Crippen LogP contribution in [-0.2, 0) is 59.6 Å². The monoisotopic (exact) mass is 954 g/mol. The molecule has 0 bridgehead atoms. The summed E-state index contributed by atoms with van der Waals surface area (Å²) in [5.74, 6) is 3.06. The molecule has 5 aliphatic rings. The second-order valence-electron chi connectivity index (χ2n) is 18.3. The molecule has 0 spiro atoms. The number of phosphoric acid groups is 2. The highest BCUT2D eigenvalue weighted by atomic mass is 31.3. The molecule has 3 fully saturated rings. The lowest BCUT2D eigenvalue weighted by Crippen LogP contribution is -2.64. The second kappa shape index (κ2) is 19.3. The van der Waals surface area contributed by atoms with Crippen molar-refractivity contribution in [2.45, 2.75) is 83.3 Å². The maximum absolute atomic E-state index is 14.3. The first-order chi connectivity index (χ1) is 31.8. The molecule has 2 amide bonds. The predicted octanol–water partition coefficient (Wildman–Crippen LogP) is 4.59. The Morgan fingerprint density at radius 3 is 2.39 bits per heavy atom. The fourth-order valence-corrected chi connectivity index (χ4v) is 13.1. The third kappa shape index (κ3) is 9.87. The number of carbonyl (C=O) groups is 4. The van der Waals surface area contributed by atoms with Gasteiger partial charge in [-0.05, 0) is 79.0 Å². The number of allylic oxidation sites excluding steroid dienone is 4. The third-order valence-corrected chi connectivity index (χ3v) is 16.9. The molecule has 3 N–H and O–H groups in total. The van der Waals surface area contributed by atoms with Gasteiger partial charge in [0.1, 0.15) is 6.61 Å². The Morgan fingerprint density at radius 1 is 0.925 bits per heavy atom. The molecule has 0 aromatic heterocycles. The van der Waals surface area contributed by atoms with Crippen LogP contribution in [0.1, 0.15) is 74.6 Å². The summed E-state index contributed by atoms with van der Waals surface area (Å²) in [7, 11) is -11.5. The van der Waals surface area contributed by atoms with Crippen molar-refractivity contribution in [1.29, 1.82) is 0 Å². The normalized spacial score (nSPS) is 29.9. The van der Waals surface area contributed by atoms with Crippen LogP contribution in [0.15, 0.2) is 103 Å². The van der Waals surface area contributed by atoms with Crippen LogP contribution in [0.4, 0.5) is 5.69 Å². The number of nitrogens with one attached hydrogen (secondary N) is 1. The van der Waals surface area contributed by atoms with Gasteiger partial charge >= 0.3 is 0 Å². The van der Waals surface area contributed by atoms with Crippen LogP contribution in [0.2, 0.25) is 0 Å². The minimum atomic E-state index is -5.85. The summed E-state index contributed by atoms with van der Waals surface area (Å²) in [5, 5.41) is 27.0. The highest BCUT2D eigenvalue weighted by Crippen LogP contribution is 2.68. The Labute approximate surface area is 388 Å². The number of Topliss-reactive ketones (excluding diaryl/α,β-unsaturated/α-hetero) is 1. The predicted molar refractivity (Wildman–Crippen MR) is 239 cm³/mol. The molecule has 3 saturated carbocycles. The number of aliphatic hydroxyl groups excluding tert-OH is 1. The number of benzene rings is 3. The Bertz CT molecular complexity index is 2660. The lowest BCUT2D eigenvalue weighted by atomic mass is 9.46. The van der Waals surface area contributed by atoms with Gasteiger partial charge in [0.15, 0.2) is 17.2 Å². The number of rotatable bonds is 16. The number of aliphatic hydroxyl groups is 2. The first-order valence-corrected chi connectivity index (χ1v) is 25.2. The maximum atomic E-state index is 14.3. The van der Waals surface area contributed by atoms with Crippen molar-refractivity contribution in [3.05, 3.63) is 125 Å². The van der Waals surface area contributed by atoms with Crippen molar-refractivity contribution in [2.24, 2.45) is 28.6 Å². The van der Waals surface area contributed by atoms with Gasteiger partial charge in [-0.2, -0.15) is 0 Å². The first kappa shape index (κ1) is 48.6. The van der Waals surface area contributed by atoms with Crippen molar-refractivity contribution in [3.8, 4) is 11.8 Å². The van der Waals surface area contributed by atoms with E-state index in [2.05, 4.69) is 26.0 Å². The second-order valence-corrected chi connectivity index (χ2v) is 21.2. The van der Waals surface area contributed by atoms with Crippen molar-refractivity contribution < 1.29 is 66.4 Å². The summed E-state index contributed by atoms with van der Waals surface area (Å²) < 4.78 is 45.6. The molecule has 4 aliphatic carbocycles. The number of phosphoric ester groups is 2. The molecule has 0 radical (unpaired) electrons. The Hall–Kier alpha value is -4.88. The van der Waals surface area contributed by atoms with Crippen molar-refractivity contribution in [3.63, 3.8) is 0 Å². The van der Waals surface area contributed by atoms with Gasteiger partial charge in [-0.3, -0.25) is 28.3 Å². The molecule has 0 saturated heterocycles. The highest BCUT2D eigenvalue weighted by molar-refractivity contribution is 7.59. The molecule has 1 aliphatic heterocycles. The number of amides is 2. The molecule has 18 heteroatoms. The van der Waals surface area contributed by atoms with E-state index in [1.165, 1.54) is 6.08 Å². The van der Waals surface area contributed by atoms with Gasteiger partial charge in [-0.25, -0.2) is 4.31 Å². The van der Waals surface area contributed by atoms with E-state index < -0.39 is 81.7 Å². The molecule has 1 heterocycles.